The highest BCUT2D eigenvalue weighted by Crippen LogP contribution is 2.39. The first kappa shape index (κ1) is 17.9. The van der Waals surface area contributed by atoms with Gasteiger partial charge in [0.2, 0.25) is 0 Å². The summed E-state index contributed by atoms with van der Waals surface area (Å²) in [6.07, 6.45) is 4.87. The van der Waals surface area contributed by atoms with E-state index in [1.807, 2.05) is 13.8 Å². The van der Waals surface area contributed by atoms with Gasteiger partial charge in [0.05, 0.1) is 11.4 Å². The van der Waals surface area contributed by atoms with Crippen molar-refractivity contribution in [3.63, 3.8) is 0 Å². The topological polar surface area (TPSA) is 38.4 Å². The molecule has 1 saturated carbocycles. The Hall–Kier alpha value is -1.90. The molecule has 0 atom stereocenters. The van der Waals surface area contributed by atoms with Crippen molar-refractivity contribution in [1.82, 2.24) is 5.16 Å². The molecule has 0 spiro atoms. The molecule has 1 aromatic heterocycles. The molecule has 0 N–H and O–H groups in total. The molecule has 0 unspecified atom stereocenters. The van der Waals surface area contributed by atoms with Crippen LogP contribution in [-0.2, 0) is 0 Å². The van der Waals surface area contributed by atoms with E-state index in [1.165, 1.54) is 35.2 Å². The zero-order valence-electron chi connectivity index (χ0n) is 16.4. The lowest BCUT2D eigenvalue weighted by molar-refractivity contribution is 0.393. The molecule has 0 radical (unpaired) electrons. The van der Waals surface area contributed by atoms with Crippen molar-refractivity contribution in [1.29, 1.82) is 0 Å². The first-order chi connectivity index (χ1) is 12.0. The van der Waals surface area contributed by atoms with Crippen LogP contribution in [0.3, 0.4) is 0 Å². The second kappa shape index (κ2) is 7.15. The minimum absolute atomic E-state index is 0.565. The number of rotatable bonds is 6. The lowest BCUT2D eigenvalue weighted by atomic mass is 9.87. The van der Waals surface area contributed by atoms with Crippen molar-refractivity contribution < 1.29 is 4.52 Å². The minimum atomic E-state index is 0.565. The van der Waals surface area contributed by atoms with E-state index >= 15 is 0 Å². The van der Waals surface area contributed by atoms with Crippen molar-refractivity contribution in [2.75, 3.05) is 0 Å². The van der Waals surface area contributed by atoms with Crippen LogP contribution in [-0.4, -0.2) is 10.9 Å². The number of aliphatic imine (C=N–C) groups is 1. The summed E-state index contributed by atoms with van der Waals surface area (Å²) in [7, 11) is 0. The Balaban J connectivity index is 2.18. The maximum atomic E-state index is 5.42. The number of aryl methyl sites for hydroxylation is 2. The van der Waals surface area contributed by atoms with Crippen molar-refractivity contribution in [3.8, 4) is 11.1 Å². The zero-order valence-corrected chi connectivity index (χ0v) is 16.4. The van der Waals surface area contributed by atoms with Crippen molar-refractivity contribution in [2.45, 2.75) is 73.1 Å². The SMILES string of the molecule is CCC(CC)c1cc(-c2c(C)noc2C)cc(N=C(C)C2CC2)c1C. The highest BCUT2D eigenvalue weighted by molar-refractivity contribution is 5.89. The lowest BCUT2D eigenvalue weighted by Crippen LogP contribution is -2.01. The first-order valence-electron chi connectivity index (χ1n) is 9.59. The molecular weight excluding hydrogens is 308 g/mol. The Morgan fingerprint density at radius 3 is 2.40 bits per heavy atom. The van der Waals surface area contributed by atoms with Gasteiger partial charge in [0.25, 0.3) is 0 Å². The van der Waals surface area contributed by atoms with E-state index in [1.54, 1.807) is 0 Å². The molecule has 1 aliphatic carbocycles. The molecule has 2 aromatic rings. The molecule has 1 aromatic carbocycles. The van der Waals surface area contributed by atoms with Gasteiger partial charge < -0.3 is 4.52 Å². The fraction of sp³-hybridized carbons (Fsp3) is 0.545. The Kier molecular flexibility index (Phi) is 5.12. The van der Waals surface area contributed by atoms with Gasteiger partial charge in [-0.1, -0.05) is 25.1 Å². The monoisotopic (exact) mass is 338 g/mol. The van der Waals surface area contributed by atoms with E-state index < -0.39 is 0 Å². The smallest absolute Gasteiger partial charge is 0.141 e. The summed E-state index contributed by atoms with van der Waals surface area (Å²) in [4.78, 5) is 5.03. The Bertz CT molecular complexity index is 773. The highest BCUT2D eigenvalue weighted by Gasteiger charge is 2.25. The van der Waals surface area contributed by atoms with Crippen LogP contribution in [0.25, 0.3) is 11.1 Å². The number of hydrogen-bond donors (Lipinski definition) is 0. The van der Waals surface area contributed by atoms with E-state index in [-0.39, 0.29) is 0 Å². The van der Waals surface area contributed by atoms with Crippen molar-refractivity contribution in [3.05, 3.63) is 34.7 Å². The fourth-order valence-electron chi connectivity index (χ4n) is 3.81. The third-order valence-corrected chi connectivity index (χ3v) is 5.63. The van der Waals surface area contributed by atoms with E-state index in [2.05, 4.69) is 45.0 Å². The van der Waals surface area contributed by atoms with Gasteiger partial charge >= 0.3 is 0 Å². The van der Waals surface area contributed by atoms with Gasteiger partial charge in [-0.25, -0.2) is 0 Å². The molecule has 1 heterocycles. The maximum Gasteiger partial charge on any atom is 0.141 e. The van der Waals surface area contributed by atoms with Gasteiger partial charge in [0.15, 0.2) is 0 Å². The normalized spacial score (nSPS) is 15.2. The minimum Gasteiger partial charge on any atom is -0.361 e. The summed E-state index contributed by atoms with van der Waals surface area (Å²) >= 11 is 0. The molecular formula is C22H30N2O. The Morgan fingerprint density at radius 2 is 1.88 bits per heavy atom. The third kappa shape index (κ3) is 3.56. The van der Waals surface area contributed by atoms with Crippen LogP contribution in [0.2, 0.25) is 0 Å². The molecule has 0 saturated heterocycles. The molecule has 0 amide bonds. The number of benzene rings is 1. The second-order valence-electron chi connectivity index (χ2n) is 7.45. The summed E-state index contributed by atoms with van der Waals surface area (Å²) in [5, 5.41) is 4.15. The van der Waals surface area contributed by atoms with Crippen LogP contribution in [0.5, 0.6) is 0 Å². The lowest BCUT2D eigenvalue weighted by Gasteiger charge is -2.19. The van der Waals surface area contributed by atoms with Gasteiger partial charge in [0.1, 0.15) is 5.76 Å². The summed E-state index contributed by atoms with van der Waals surface area (Å²) in [6, 6.07) is 4.56. The summed E-state index contributed by atoms with van der Waals surface area (Å²) < 4.78 is 5.42. The first-order valence-corrected chi connectivity index (χ1v) is 9.59. The van der Waals surface area contributed by atoms with Crippen LogP contribution in [0, 0.1) is 26.7 Å². The fourth-order valence-corrected chi connectivity index (χ4v) is 3.81. The largest absolute Gasteiger partial charge is 0.361 e. The van der Waals surface area contributed by atoms with Crippen molar-refractivity contribution >= 4 is 11.4 Å². The highest BCUT2D eigenvalue weighted by atomic mass is 16.5. The van der Waals surface area contributed by atoms with E-state index in [0.717, 1.165) is 35.5 Å². The quantitative estimate of drug-likeness (QED) is 0.551. The molecule has 0 aliphatic heterocycles. The van der Waals surface area contributed by atoms with Gasteiger partial charge in [0, 0.05) is 11.3 Å². The van der Waals surface area contributed by atoms with Crippen LogP contribution < -0.4 is 0 Å². The maximum absolute atomic E-state index is 5.42. The predicted molar refractivity (Wildman–Crippen MR) is 105 cm³/mol. The second-order valence-corrected chi connectivity index (χ2v) is 7.45. The van der Waals surface area contributed by atoms with Crippen LogP contribution in [0.15, 0.2) is 21.6 Å². The summed E-state index contributed by atoms with van der Waals surface area (Å²) in [5.74, 6) is 2.14. The molecule has 0 bridgehead atoms. The van der Waals surface area contributed by atoms with E-state index in [4.69, 9.17) is 9.52 Å². The molecule has 3 heteroatoms. The van der Waals surface area contributed by atoms with E-state index in [0.29, 0.717) is 11.8 Å². The summed E-state index contributed by atoms with van der Waals surface area (Å²) in [6.45, 7) is 13.0. The number of hydrogen-bond acceptors (Lipinski definition) is 3. The van der Waals surface area contributed by atoms with Gasteiger partial charge in [-0.15, -0.1) is 0 Å². The van der Waals surface area contributed by atoms with Crippen LogP contribution in [0.4, 0.5) is 5.69 Å². The van der Waals surface area contributed by atoms with Gasteiger partial charge in [-0.2, -0.15) is 0 Å². The predicted octanol–water partition coefficient (Wildman–Crippen LogP) is 6.67. The van der Waals surface area contributed by atoms with Crippen LogP contribution >= 0.6 is 0 Å². The molecule has 3 rings (SSSR count). The third-order valence-electron chi connectivity index (χ3n) is 5.63. The molecule has 1 fully saturated rings. The number of aromatic nitrogens is 1. The molecule has 134 valence electrons. The standard InChI is InChI=1S/C22H30N2O/c1-7-17(8-2)20-11-19(22-15(5)24-25-16(22)6)12-21(13(20)3)23-14(4)18-9-10-18/h11-12,17-18H,7-10H2,1-6H3. The van der Waals surface area contributed by atoms with Crippen molar-refractivity contribution in [2.24, 2.45) is 10.9 Å². The Morgan fingerprint density at radius 1 is 1.20 bits per heavy atom. The summed E-state index contributed by atoms with van der Waals surface area (Å²) in [5.41, 5.74) is 8.39. The van der Waals surface area contributed by atoms with Gasteiger partial charge in [-0.3, -0.25) is 4.99 Å². The van der Waals surface area contributed by atoms with Gasteiger partial charge in [-0.05, 0) is 88.0 Å². The molecule has 3 nitrogen and oxygen atoms in total. The number of nitrogens with zero attached hydrogens (tertiary/aromatic N) is 2. The average Bonchev–Trinajstić information content (AvgIpc) is 3.38. The van der Waals surface area contributed by atoms with E-state index in [9.17, 15) is 0 Å². The average molecular weight is 338 g/mol. The zero-order chi connectivity index (χ0) is 18.1. The molecule has 25 heavy (non-hydrogen) atoms. The Labute approximate surface area is 151 Å². The molecule has 1 aliphatic rings. The van der Waals surface area contributed by atoms with Crippen LogP contribution in [0.1, 0.15) is 75.0 Å².